The summed E-state index contributed by atoms with van der Waals surface area (Å²) in [7, 11) is 0. The molecule has 1 N–H and O–H groups in total. The largest absolute Gasteiger partial charge is 0.302 e. The van der Waals surface area contributed by atoms with Gasteiger partial charge in [-0.15, -0.1) is 5.92 Å². The molecule has 0 atom stereocenters. The van der Waals surface area contributed by atoms with E-state index in [1.165, 1.54) is 12.1 Å². The lowest BCUT2D eigenvalue weighted by Gasteiger charge is -2.02. The third kappa shape index (κ3) is 3.81. The molecule has 15 heavy (non-hydrogen) atoms. The van der Waals surface area contributed by atoms with E-state index in [-0.39, 0.29) is 5.82 Å². The highest BCUT2D eigenvalue weighted by Crippen LogP contribution is 2.07. The minimum atomic E-state index is -0.382. The lowest BCUT2D eigenvalue weighted by molar-refractivity contribution is 0.622. The second kappa shape index (κ2) is 5.80. The molecule has 1 rings (SSSR count). The summed E-state index contributed by atoms with van der Waals surface area (Å²) in [5.74, 6) is 5.21. The van der Waals surface area contributed by atoms with Crippen molar-refractivity contribution in [1.29, 1.82) is 5.26 Å². The number of nitriles is 1. The molecule has 0 heterocycles. The van der Waals surface area contributed by atoms with Gasteiger partial charge in [0, 0.05) is 6.54 Å². The Bertz CT molecular complexity index is 435. The minimum absolute atomic E-state index is 0.341. The van der Waals surface area contributed by atoms with E-state index in [4.69, 9.17) is 5.26 Å². The molecule has 0 aliphatic heterocycles. The molecule has 0 unspecified atom stereocenters. The number of hydrogen-bond donors (Lipinski definition) is 1. The Hall–Kier alpha value is -1.84. The van der Waals surface area contributed by atoms with E-state index in [1.54, 1.807) is 13.0 Å². The van der Waals surface area contributed by atoms with Gasteiger partial charge in [0.25, 0.3) is 0 Å². The molecule has 0 aromatic heterocycles. The topological polar surface area (TPSA) is 35.8 Å². The summed E-state index contributed by atoms with van der Waals surface area (Å²) in [5.41, 5.74) is 1.10. The van der Waals surface area contributed by atoms with Gasteiger partial charge >= 0.3 is 0 Å². The van der Waals surface area contributed by atoms with Crippen LogP contribution in [0.3, 0.4) is 0 Å². The molecule has 1 aromatic carbocycles. The maximum atomic E-state index is 13.0. The van der Waals surface area contributed by atoms with Crippen LogP contribution in [0.2, 0.25) is 0 Å². The quantitative estimate of drug-likeness (QED) is 0.599. The first-order valence-electron chi connectivity index (χ1n) is 4.56. The second-order valence-electron chi connectivity index (χ2n) is 2.99. The maximum Gasteiger partial charge on any atom is 0.124 e. The van der Waals surface area contributed by atoms with E-state index in [1.807, 2.05) is 6.07 Å². The van der Waals surface area contributed by atoms with Gasteiger partial charge in [-0.05, 0) is 30.7 Å². The van der Waals surface area contributed by atoms with Crippen LogP contribution in [-0.4, -0.2) is 6.54 Å². The number of rotatable bonds is 3. The standard InChI is InChI=1S/C12H11FN2/c1-2-3-4-15-9-11-5-10(8-14)6-12(13)7-11/h5-7,15H,4,9H2,1H3. The number of halogens is 1. The molecule has 76 valence electrons. The normalized spacial score (nSPS) is 8.87. The van der Waals surface area contributed by atoms with E-state index < -0.39 is 0 Å². The molecule has 0 bridgehead atoms. The van der Waals surface area contributed by atoms with Crippen LogP contribution in [0.25, 0.3) is 0 Å². The molecule has 1 aromatic rings. The molecular formula is C12H11FN2. The van der Waals surface area contributed by atoms with Crippen LogP contribution in [0.15, 0.2) is 18.2 Å². The smallest absolute Gasteiger partial charge is 0.124 e. The van der Waals surface area contributed by atoms with E-state index in [9.17, 15) is 4.39 Å². The summed E-state index contributed by atoms with van der Waals surface area (Å²) in [6.45, 7) is 2.84. The first-order valence-corrected chi connectivity index (χ1v) is 4.56. The zero-order valence-electron chi connectivity index (χ0n) is 8.47. The highest BCUT2D eigenvalue weighted by Gasteiger charge is 1.99. The predicted molar refractivity (Wildman–Crippen MR) is 56.3 cm³/mol. The van der Waals surface area contributed by atoms with Crippen LogP contribution in [0.4, 0.5) is 4.39 Å². The van der Waals surface area contributed by atoms with Crippen LogP contribution >= 0.6 is 0 Å². The van der Waals surface area contributed by atoms with Crippen molar-refractivity contribution in [3.63, 3.8) is 0 Å². The summed E-state index contributed by atoms with van der Waals surface area (Å²) < 4.78 is 13.0. The average molecular weight is 202 g/mol. The highest BCUT2D eigenvalue weighted by molar-refractivity contribution is 5.33. The van der Waals surface area contributed by atoms with Crippen LogP contribution in [-0.2, 0) is 6.54 Å². The predicted octanol–water partition coefficient (Wildman–Crippen LogP) is 1.81. The Morgan fingerprint density at radius 3 is 2.87 bits per heavy atom. The van der Waals surface area contributed by atoms with Crippen LogP contribution in [0.5, 0.6) is 0 Å². The molecule has 0 aliphatic carbocycles. The van der Waals surface area contributed by atoms with Crippen molar-refractivity contribution in [3.8, 4) is 17.9 Å². The fourth-order valence-corrected chi connectivity index (χ4v) is 1.17. The number of nitrogens with one attached hydrogen (secondary N) is 1. The fraction of sp³-hybridized carbons (Fsp3) is 0.250. The van der Waals surface area contributed by atoms with Crippen molar-refractivity contribution < 1.29 is 4.39 Å². The summed E-state index contributed by atoms with van der Waals surface area (Å²) in [4.78, 5) is 0. The summed E-state index contributed by atoms with van der Waals surface area (Å²) in [6, 6.07) is 6.20. The van der Waals surface area contributed by atoms with E-state index in [0.29, 0.717) is 18.7 Å². The van der Waals surface area contributed by atoms with Gasteiger partial charge in [0.15, 0.2) is 0 Å². The van der Waals surface area contributed by atoms with Crippen molar-refractivity contribution in [1.82, 2.24) is 5.32 Å². The Kier molecular flexibility index (Phi) is 4.34. The Balaban J connectivity index is 2.64. The van der Waals surface area contributed by atoms with Gasteiger partial charge in [0.2, 0.25) is 0 Å². The van der Waals surface area contributed by atoms with Gasteiger partial charge < -0.3 is 5.32 Å². The summed E-state index contributed by atoms with van der Waals surface area (Å²) in [5, 5.41) is 11.7. The first kappa shape index (κ1) is 11.2. The lowest BCUT2D eigenvalue weighted by atomic mass is 10.1. The maximum absolute atomic E-state index is 13.0. The van der Waals surface area contributed by atoms with Crippen LogP contribution in [0.1, 0.15) is 18.1 Å². The lowest BCUT2D eigenvalue weighted by Crippen LogP contribution is -2.13. The van der Waals surface area contributed by atoms with Gasteiger partial charge in [0.1, 0.15) is 5.82 Å². The molecule has 0 radical (unpaired) electrons. The van der Waals surface area contributed by atoms with Crippen molar-refractivity contribution in [2.45, 2.75) is 13.5 Å². The fourth-order valence-electron chi connectivity index (χ4n) is 1.17. The van der Waals surface area contributed by atoms with Crippen molar-refractivity contribution in [2.75, 3.05) is 6.54 Å². The molecule has 0 saturated carbocycles. The van der Waals surface area contributed by atoms with E-state index in [0.717, 1.165) is 5.56 Å². The molecule has 0 saturated heterocycles. The number of benzene rings is 1. The van der Waals surface area contributed by atoms with Crippen molar-refractivity contribution in [3.05, 3.63) is 35.1 Å². The number of nitrogens with zero attached hydrogens (tertiary/aromatic N) is 1. The Labute approximate surface area is 88.7 Å². The zero-order chi connectivity index (χ0) is 11.1. The Morgan fingerprint density at radius 2 is 2.20 bits per heavy atom. The van der Waals surface area contributed by atoms with Gasteiger partial charge in [-0.25, -0.2) is 4.39 Å². The molecule has 0 amide bonds. The monoisotopic (exact) mass is 202 g/mol. The average Bonchev–Trinajstić information content (AvgIpc) is 2.23. The van der Waals surface area contributed by atoms with Crippen molar-refractivity contribution >= 4 is 0 Å². The molecule has 0 fully saturated rings. The third-order valence-corrected chi connectivity index (χ3v) is 1.81. The van der Waals surface area contributed by atoms with Crippen LogP contribution < -0.4 is 5.32 Å². The van der Waals surface area contributed by atoms with Gasteiger partial charge in [-0.1, -0.05) is 5.92 Å². The Morgan fingerprint density at radius 1 is 1.40 bits per heavy atom. The summed E-state index contributed by atoms with van der Waals surface area (Å²) >= 11 is 0. The first-order chi connectivity index (χ1) is 7.26. The molecule has 0 aliphatic rings. The van der Waals surface area contributed by atoms with Crippen molar-refractivity contribution in [2.24, 2.45) is 0 Å². The molecule has 3 heteroatoms. The second-order valence-corrected chi connectivity index (χ2v) is 2.99. The SMILES string of the molecule is CC#CCNCc1cc(F)cc(C#N)c1. The zero-order valence-corrected chi connectivity index (χ0v) is 8.47. The van der Waals surface area contributed by atoms with E-state index in [2.05, 4.69) is 17.2 Å². The minimum Gasteiger partial charge on any atom is -0.302 e. The summed E-state index contributed by atoms with van der Waals surface area (Å²) in [6.07, 6.45) is 0. The van der Waals surface area contributed by atoms with Gasteiger partial charge in [0.05, 0.1) is 18.2 Å². The van der Waals surface area contributed by atoms with Gasteiger partial charge in [-0.2, -0.15) is 5.26 Å². The van der Waals surface area contributed by atoms with Gasteiger partial charge in [-0.3, -0.25) is 0 Å². The molecular weight excluding hydrogens is 191 g/mol. The van der Waals surface area contributed by atoms with Crippen LogP contribution in [0, 0.1) is 29.0 Å². The number of hydrogen-bond acceptors (Lipinski definition) is 2. The molecule has 2 nitrogen and oxygen atoms in total. The highest BCUT2D eigenvalue weighted by atomic mass is 19.1. The van der Waals surface area contributed by atoms with E-state index >= 15 is 0 Å². The molecule has 0 spiro atoms. The third-order valence-electron chi connectivity index (χ3n) is 1.81.